The number of nitrogens with one attached hydrogen (secondary N) is 10. The van der Waals surface area contributed by atoms with Crippen molar-refractivity contribution in [1.82, 2.24) is 99.6 Å². The molecule has 5 aliphatic heterocycles. The fraction of sp³-hybridized carbons (Fsp3) is 0.239. The maximum Gasteiger partial charge on any atom is 0.166 e. The van der Waals surface area contributed by atoms with E-state index in [-0.39, 0.29) is 59.3 Å². The number of anilines is 5. The van der Waals surface area contributed by atoms with Gasteiger partial charge in [0.15, 0.2) is 28.2 Å². The molecule has 35 heteroatoms. The number of hydrogen-bond donors (Lipinski definition) is 10. The summed E-state index contributed by atoms with van der Waals surface area (Å²) in [5.41, 5.74) is 14.1. The predicted octanol–water partition coefficient (Wildman–Crippen LogP) is 15.1. The van der Waals surface area contributed by atoms with Gasteiger partial charge in [0.2, 0.25) is 0 Å². The van der Waals surface area contributed by atoms with Crippen molar-refractivity contribution >= 4 is 85.8 Å². The third kappa shape index (κ3) is 20.1. The van der Waals surface area contributed by atoms with Crippen LogP contribution < -0.4 is 76.9 Å². The van der Waals surface area contributed by atoms with Gasteiger partial charge in [0.05, 0.1) is 97.1 Å². The molecule has 0 saturated carbocycles. The van der Waals surface area contributed by atoms with Crippen LogP contribution in [0, 0.1) is 29.1 Å². The molecule has 0 aliphatic carbocycles. The summed E-state index contributed by atoms with van der Waals surface area (Å²) in [5, 5.41) is 53.6. The molecule has 5 aliphatic rings. The number of hydrogen-bond acceptors (Lipinski definition) is 25. The quantitative estimate of drug-likeness (QED) is 0.0683. The van der Waals surface area contributed by atoms with E-state index in [4.69, 9.17) is 27.8 Å². The van der Waals surface area contributed by atoms with E-state index in [0.29, 0.717) is 156 Å². The Bertz CT molecular complexity index is 6600. The Kier molecular flexibility index (Phi) is 24.1. The molecule has 127 heavy (non-hydrogen) atoms. The highest BCUT2D eigenvalue weighted by Gasteiger charge is 2.25. The number of benzene rings is 5. The molecule has 15 heterocycles. The summed E-state index contributed by atoms with van der Waals surface area (Å²) in [4.78, 5) is 22.9. The van der Waals surface area contributed by atoms with Gasteiger partial charge < -0.3 is 76.9 Å². The Labute approximate surface area is 731 Å². The number of fused-ring (bicyclic) bond motifs is 10. The lowest BCUT2D eigenvalue weighted by Crippen LogP contribution is -2.30. The summed E-state index contributed by atoms with van der Waals surface area (Å²) in [6.07, 6.45) is 17.7. The highest BCUT2D eigenvalue weighted by molar-refractivity contribution is 5.78. The summed E-state index contributed by atoms with van der Waals surface area (Å²) in [5.74, 6) is 4.18. The summed E-state index contributed by atoms with van der Waals surface area (Å²) < 4.78 is 131. The minimum absolute atomic E-state index is 0.0113. The first-order valence-electron chi connectivity index (χ1n) is 42.5. The average molecular weight is 1730 g/mol. The molecular weight excluding hydrogens is 1630 g/mol. The van der Waals surface area contributed by atoms with Crippen molar-refractivity contribution in [2.75, 3.05) is 59.4 Å². The van der Waals surface area contributed by atoms with Crippen molar-refractivity contribution in [3.8, 4) is 28.7 Å². The van der Waals surface area contributed by atoms with Crippen LogP contribution in [0.25, 0.3) is 56.7 Å². The molecule has 30 nitrogen and oxygen atoms in total. The number of halogens is 5. The van der Waals surface area contributed by atoms with Gasteiger partial charge in [0, 0.05) is 118 Å². The van der Waals surface area contributed by atoms with Gasteiger partial charge in [0.25, 0.3) is 0 Å². The zero-order valence-electron chi connectivity index (χ0n) is 73.0. The molecule has 10 N–H and O–H groups in total. The molecule has 652 valence electrons. The maximum atomic E-state index is 14.0. The first-order chi connectivity index (χ1) is 62.6. The van der Waals surface area contributed by atoms with Crippen LogP contribution in [0.1, 0.15) is 114 Å². The molecule has 0 fully saturated rings. The smallest absolute Gasteiger partial charge is 0.166 e. The SMILES string of the molecule is C=C1NC[C@@H](C)Oc2ccc(F)cc2CNc2ccn3ncc1c3n2.C=C1NC[C@@H](CC)Oc2ccc(F)cc2CNc2ccn3ncc1c3n2.C=C1NC[C@H](C)Oc2ccc(F)cc2CNc2ccn3ncc1c3n2.C=C1N[C@H](C)COc2ccc(F)cc2CNc2ccn3ncc1c3n2.[2H]C([2H])([2H])[C@H]1Nc2ccn3ncc(c3n2)C(=C)NC[C@H](C)Oc2ccc(F)cc21. The van der Waals surface area contributed by atoms with Gasteiger partial charge in [-0.3, -0.25) is 0 Å². The second-order valence-electron chi connectivity index (χ2n) is 30.6. The third-order valence-corrected chi connectivity index (χ3v) is 21.0. The first kappa shape index (κ1) is 81.2. The molecule has 15 aromatic rings. The van der Waals surface area contributed by atoms with Crippen molar-refractivity contribution in [3.63, 3.8) is 0 Å². The minimum atomic E-state index is -2.48. The molecule has 0 unspecified atom stereocenters. The second kappa shape index (κ2) is 37.7. The highest BCUT2D eigenvalue weighted by atomic mass is 19.1. The van der Waals surface area contributed by atoms with E-state index in [1.165, 1.54) is 66.7 Å². The van der Waals surface area contributed by atoms with Gasteiger partial charge in [0.1, 0.15) is 118 Å². The predicted molar refractivity (Wildman–Crippen MR) is 479 cm³/mol. The van der Waals surface area contributed by atoms with Crippen LogP contribution in [0.3, 0.4) is 0 Å². The van der Waals surface area contributed by atoms with Crippen molar-refractivity contribution in [1.29, 1.82) is 0 Å². The fourth-order valence-electron chi connectivity index (χ4n) is 14.2. The van der Waals surface area contributed by atoms with E-state index in [2.05, 4.69) is 143 Å². The molecule has 20 rings (SSSR count). The third-order valence-electron chi connectivity index (χ3n) is 21.0. The lowest BCUT2D eigenvalue weighted by Gasteiger charge is -2.22. The fourth-order valence-corrected chi connectivity index (χ4v) is 14.2. The second-order valence-corrected chi connectivity index (χ2v) is 30.6. The van der Waals surface area contributed by atoms with Gasteiger partial charge in [-0.2, -0.15) is 25.5 Å². The summed E-state index contributed by atoms with van der Waals surface area (Å²) in [7, 11) is 0. The van der Waals surface area contributed by atoms with Crippen molar-refractivity contribution < 1.29 is 49.7 Å². The molecule has 10 bridgehead atoms. The Balaban J connectivity index is 0.000000119. The molecule has 5 aromatic carbocycles. The lowest BCUT2D eigenvalue weighted by molar-refractivity contribution is 0.197. The summed E-state index contributed by atoms with van der Waals surface area (Å²) in [6, 6.07) is 29.7. The van der Waals surface area contributed by atoms with Gasteiger partial charge in [-0.25, -0.2) is 69.4 Å². The lowest BCUT2D eigenvalue weighted by atomic mass is 10.1. The van der Waals surface area contributed by atoms with Crippen LogP contribution in [0.15, 0.2) is 216 Å². The monoisotopic (exact) mass is 1730 g/mol. The van der Waals surface area contributed by atoms with E-state index >= 15 is 0 Å². The van der Waals surface area contributed by atoms with E-state index in [0.717, 1.165) is 73.7 Å². The van der Waals surface area contributed by atoms with Gasteiger partial charge in [-0.1, -0.05) is 39.8 Å². The van der Waals surface area contributed by atoms with Crippen molar-refractivity contribution in [2.24, 2.45) is 0 Å². The zero-order valence-corrected chi connectivity index (χ0v) is 70.0. The number of nitrogens with zero attached hydrogens (tertiary/aromatic N) is 15. The Morgan fingerprint density at radius 3 is 1.04 bits per heavy atom. The maximum absolute atomic E-state index is 14.0. The van der Waals surface area contributed by atoms with E-state index < -0.39 is 18.7 Å². The van der Waals surface area contributed by atoms with Crippen LogP contribution in [-0.4, -0.2) is 136 Å². The van der Waals surface area contributed by atoms with Crippen molar-refractivity contribution in [3.05, 3.63) is 301 Å². The van der Waals surface area contributed by atoms with Crippen molar-refractivity contribution in [2.45, 2.75) is 111 Å². The van der Waals surface area contributed by atoms with E-state index in [1.54, 1.807) is 90.1 Å². The Morgan fingerprint density at radius 1 is 0.362 bits per heavy atom. The molecule has 6 atom stereocenters. The van der Waals surface area contributed by atoms with Crippen LogP contribution in [0.5, 0.6) is 28.7 Å². The summed E-state index contributed by atoms with van der Waals surface area (Å²) in [6.45, 7) is 31.8. The highest BCUT2D eigenvalue weighted by Crippen LogP contribution is 2.34. The number of aromatic nitrogens is 15. The Hall–Kier alpha value is -15.5. The number of rotatable bonds is 1. The molecule has 0 saturated heterocycles. The van der Waals surface area contributed by atoms with Crippen LogP contribution in [0.4, 0.5) is 51.0 Å². The van der Waals surface area contributed by atoms with E-state index in [1.807, 2.05) is 76.7 Å². The van der Waals surface area contributed by atoms with Crippen LogP contribution >= 0.6 is 0 Å². The first-order valence-corrected chi connectivity index (χ1v) is 41.0. The van der Waals surface area contributed by atoms with Crippen LogP contribution in [-0.2, 0) is 26.2 Å². The van der Waals surface area contributed by atoms with Gasteiger partial charge in [-0.15, -0.1) is 0 Å². The van der Waals surface area contributed by atoms with Gasteiger partial charge >= 0.3 is 0 Å². The molecule has 10 aromatic heterocycles. The molecule has 0 amide bonds. The standard InChI is InChI=1S/2C19H20FN5O.3C18H18FN5O/c1-11-9-21-12(2)16-10-22-25-7-6-18(24-19(16)25)23-13(3)15-8-14(20)4-5-17(15)26-11;1-3-15-10-21-12(2)16-11-23-25-7-6-18(24-19(16)25)22-9-13-8-14(20)4-5-17(13)26-15;1-11-10-25-16-4-3-14(19)7-13(16)8-20-17-5-6-24-18(23-17)15(9-21-24)12(2)22-11;2*1-11-8-20-12(2)15-10-22-24-6-5-17(23-18(15)24)21-9-13-7-14(19)3-4-16(13)25-11/h4-8,10-11,13,21H,2,9H2,1,3H3,(H,23,24);4-8,11,15,21H,2-3,9-10H2,1H3,(H,22,24);3-7,9,11,22H,2,8,10H2,1H3,(H,20,23);2*3-7,10-11,20H,2,8-9H2,1H3,(H,21,23)/t11-,13+;15-;3*11-/m01110/s1/i3D3;;;;. The van der Waals surface area contributed by atoms with Crippen LogP contribution in [0.2, 0.25) is 0 Å². The molecule has 0 spiro atoms. The van der Waals surface area contributed by atoms with Gasteiger partial charge in [-0.05, 0) is 162 Å². The average Bonchev–Trinajstić information content (AvgIpc) is 1.50. The Morgan fingerprint density at radius 2 is 0.669 bits per heavy atom. The molecule has 0 radical (unpaired) electrons. The normalized spacial score (nSPS) is 18.5. The largest absolute Gasteiger partial charge is 0.491 e. The summed E-state index contributed by atoms with van der Waals surface area (Å²) >= 11 is 0. The number of ether oxygens (including phenoxy) is 5. The zero-order chi connectivity index (χ0) is 91.0. The topological polar surface area (TPSA) is 317 Å². The molecular formula is C92H94F5N25O5. The van der Waals surface area contributed by atoms with E-state index in [9.17, 15) is 22.0 Å². The minimum Gasteiger partial charge on any atom is -0.491 e.